The van der Waals surface area contributed by atoms with Crippen molar-refractivity contribution in [3.05, 3.63) is 0 Å². The van der Waals surface area contributed by atoms with Crippen LogP contribution in [0.3, 0.4) is 0 Å². The molecule has 2 fully saturated rings. The van der Waals surface area contributed by atoms with Crippen LogP contribution >= 0.6 is 0 Å². The number of ether oxygens (including phenoxy) is 1. The zero-order valence-electron chi connectivity index (χ0n) is 10.1. The van der Waals surface area contributed by atoms with Gasteiger partial charge in [0.05, 0.1) is 12.1 Å². The molecule has 1 amide bonds. The Morgan fingerprint density at radius 1 is 1.62 bits per heavy atom. The number of amides is 1. The van der Waals surface area contributed by atoms with E-state index in [1.165, 1.54) is 0 Å². The SMILES string of the molecule is CC1(NC(=O)CC2CCNC2)CCCOC1. The molecule has 0 spiro atoms. The molecule has 0 aromatic carbocycles. The van der Waals surface area contributed by atoms with E-state index in [9.17, 15) is 4.79 Å². The maximum absolute atomic E-state index is 11.9. The van der Waals surface area contributed by atoms with E-state index in [0.29, 0.717) is 18.9 Å². The summed E-state index contributed by atoms with van der Waals surface area (Å²) < 4.78 is 5.43. The first-order chi connectivity index (χ1) is 7.68. The Morgan fingerprint density at radius 2 is 2.50 bits per heavy atom. The normalized spacial score (nSPS) is 34.9. The Balaban J connectivity index is 1.76. The predicted molar refractivity (Wildman–Crippen MR) is 62.2 cm³/mol. The molecule has 0 bridgehead atoms. The summed E-state index contributed by atoms with van der Waals surface area (Å²) in [5.41, 5.74) is -0.138. The molecule has 0 aliphatic carbocycles. The zero-order chi connectivity index (χ0) is 11.4. The quantitative estimate of drug-likeness (QED) is 0.743. The van der Waals surface area contributed by atoms with Gasteiger partial charge in [-0.2, -0.15) is 0 Å². The van der Waals surface area contributed by atoms with Crippen LogP contribution in [0.15, 0.2) is 0 Å². The summed E-state index contributed by atoms with van der Waals surface area (Å²) in [7, 11) is 0. The van der Waals surface area contributed by atoms with Crippen LogP contribution in [-0.2, 0) is 9.53 Å². The van der Waals surface area contributed by atoms with Crippen LogP contribution in [0, 0.1) is 5.92 Å². The van der Waals surface area contributed by atoms with Crippen LogP contribution in [0.1, 0.15) is 32.6 Å². The average molecular weight is 226 g/mol. The number of hydrogen-bond donors (Lipinski definition) is 2. The summed E-state index contributed by atoms with van der Waals surface area (Å²) in [6.45, 7) is 5.61. The molecule has 2 aliphatic heterocycles. The Morgan fingerprint density at radius 3 is 3.12 bits per heavy atom. The molecule has 2 unspecified atom stereocenters. The molecule has 2 saturated heterocycles. The van der Waals surface area contributed by atoms with Crippen LogP contribution in [-0.4, -0.2) is 37.7 Å². The number of rotatable bonds is 3. The van der Waals surface area contributed by atoms with Gasteiger partial charge in [-0.1, -0.05) is 0 Å². The van der Waals surface area contributed by atoms with Crippen molar-refractivity contribution in [1.29, 1.82) is 0 Å². The highest BCUT2D eigenvalue weighted by atomic mass is 16.5. The highest BCUT2D eigenvalue weighted by Crippen LogP contribution is 2.19. The number of nitrogens with one attached hydrogen (secondary N) is 2. The number of carbonyl (C=O) groups is 1. The van der Waals surface area contributed by atoms with Gasteiger partial charge in [-0.05, 0) is 45.2 Å². The molecule has 0 saturated carbocycles. The third kappa shape index (κ3) is 3.19. The van der Waals surface area contributed by atoms with Crippen molar-refractivity contribution in [2.45, 2.75) is 38.1 Å². The average Bonchev–Trinajstić information content (AvgIpc) is 2.70. The Hall–Kier alpha value is -0.610. The smallest absolute Gasteiger partial charge is 0.220 e. The summed E-state index contributed by atoms with van der Waals surface area (Å²) in [6.07, 6.45) is 3.85. The Labute approximate surface area is 97.1 Å². The molecule has 92 valence electrons. The molecule has 0 radical (unpaired) electrons. The lowest BCUT2D eigenvalue weighted by Gasteiger charge is -2.34. The van der Waals surface area contributed by atoms with Crippen molar-refractivity contribution in [3.63, 3.8) is 0 Å². The van der Waals surface area contributed by atoms with Crippen molar-refractivity contribution < 1.29 is 9.53 Å². The molecular weight excluding hydrogens is 204 g/mol. The Bertz CT molecular complexity index is 243. The summed E-state index contributed by atoms with van der Waals surface area (Å²) >= 11 is 0. The van der Waals surface area contributed by atoms with Gasteiger partial charge in [0.1, 0.15) is 0 Å². The van der Waals surface area contributed by atoms with E-state index in [-0.39, 0.29) is 11.4 Å². The van der Waals surface area contributed by atoms with E-state index in [1.807, 2.05) is 0 Å². The lowest BCUT2D eigenvalue weighted by Crippen LogP contribution is -2.51. The third-order valence-corrected chi connectivity index (χ3v) is 3.52. The predicted octanol–water partition coefficient (Wildman–Crippen LogP) is 0.671. The highest BCUT2D eigenvalue weighted by molar-refractivity contribution is 5.77. The fourth-order valence-electron chi connectivity index (χ4n) is 2.57. The summed E-state index contributed by atoms with van der Waals surface area (Å²) in [6, 6.07) is 0. The lowest BCUT2D eigenvalue weighted by molar-refractivity contribution is -0.125. The second-order valence-electron chi connectivity index (χ2n) is 5.33. The van der Waals surface area contributed by atoms with Crippen LogP contribution in [0.4, 0.5) is 0 Å². The van der Waals surface area contributed by atoms with Crippen LogP contribution in [0.2, 0.25) is 0 Å². The minimum absolute atomic E-state index is 0.138. The van der Waals surface area contributed by atoms with E-state index in [4.69, 9.17) is 4.74 Å². The molecule has 2 heterocycles. The molecule has 4 nitrogen and oxygen atoms in total. The van der Waals surface area contributed by atoms with Gasteiger partial charge in [0.15, 0.2) is 0 Å². The fraction of sp³-hybridized carbons (Fsp3) is 0.917. The number of hydrogen-bond acceptors (Lipinski definition) is 3. The number of carbonyl (C=O) groups excluding carboxylic acids is 1. The van der Waals surface area contributed by atoms with E-state index in [0.717, 1.165) is 39.0 Å². The van der Waals surface area contributed by atoms with Gasteiger partial charge < -0.3 is 15.4 Å². The minimum Gasteiger partial charge on any atom is -0.379 e. The van der Waals surface area contributed by atoms with Gasteiger partial charge in [-0.15, -0.1) is 0 Å². The van der Waals surface area contributed by atoms with Gasteiger partial charge in [-0.3, -0.25) is 4.79 Å². The summed E-state index contributed by atoms with van der Waals surface area (Å²) in [4.78, 5) is 11.9. The molecule has 2 rings (SSSR count). The van der Waals surface area contributed by atoms with E-state index in [1.54, 1.807) is 0 Å². The van der Waals surface area contributed by atoms with Crippen molar-refractivity contribution in [3.8, 4) is 0 Å². The van der Waals surface area contributed by atoms with E-state index >= 15 is 0 Å². The van der Waals surface area contributed by atoms with Gasteiger partial charge in [0.25, 0.3) is 0 Å². The van der Waals surface area contributed by atoms with Gasteiger partial charge in [-0.25, -0.2) is 0 Å². The first kappa shape index (κ1) is 11.9. The van der Waals surface area contributed by atoms with Gasteiger partial charge in [0.2, 0.25) is 5.91 Å². The molecule has 16 heavy (non-hydrogen) atoms. The second kappa shape index (κ2) is 5.15. The molecule has 0 aromatic rings. The first-order valence-electron chi connectivity index (χ1n) is 6.27. The van der Waals surface area contributed by atoms with Crippen LogP contribution in [0.5, 0.6) is 0 Å². The van der Waals surface area contributed by atoms with Gasteiger partial charge in [0, 0.05) is 13.0 Å². The maximum atomic E-state index is 11.9. The van der Waals surface area contributed by atoms with Crippen molar-refractivity contribution in [1.82, 2.24) is 10.6 Å². The molecule has 2 aliphatic rings. The monoisotopic (exact) mass is 226 g/mol. The van der Waals surface area contributed by atoms with Gasteiger partial charge >= 0.3 is 0 Å². The topological polar surface area (TPSA) is 50.4 Å². The molecule has 2 N–H and O–H groups in total. The molecule has 4 heteroatoms. The maximum Gasteiger partial charge on any atom is 0.220 e. The first-order valence-corrected chi connectivity index (χ1v) is 6.27. The fourth-order valence-corrected chi connectivity index (χ4v) is 2.57. The summed E-state index contributed by atoms with van der Waals surface area (Å²) in [5.74, 6) is 0.704. The van der Waals surface area contributed by atoms with Crippen molar-refractivity contribution in [2.75, 3.05) is 26.3 Å². The second-order valence-corrected chi connectivity index (χ2v) is 5.33. The standard InChI is InChI=1S/C12H22N2O2/c1-12(4-2-6-16-9-12)14-11(15)7-10-3-5-13-8-10/h10,13H,2-9H2,1H3,(H,14,15). The molecule has 2 atom stereocenters. The minimum atomic E-state index is -0.138. The highest BCUT2D eigenvalue weighted by Gasteiger charge is 2.30. The van der Waals surface area contributed by atoms with Crippen molar-refractivity contribution in [2.24, 2.45) is 5.92 Å². The summed E-state index contributed by atoms with van der Waals surface area (Å²) in [5, 5.41) is 6.42. The van der Waals surface area contributed by atoms with E-state index in [2.05, 4.69) is 17.6 Å². The Kier molecular flexibility index (Phi) is 3.82. The zero-order valence-corrected chi connectivity index (χ0v) is 10.1. The van der Waals surface area contributed by atoms with Crippen LogP contribution < -0.4 is 10.6 Å². The molecule has 0 aromatic heterocycles. The van der Waals surface area contributed by atoms with Crippen LogP contribution in [0.25, 0.3) is 0 Å². The van der Waals surface area contributed by atoms with E-state index < -0.39 is 0 Å². The lowest BCUT2D eigenvalue weighted by atomic mass is 9.94. The largest absolute Gasteiger partial charge is 0.379 e. The van der Waals surface area contributed by atoms with Crippen molar-refractivity contribution >= 4 is 5.91 Å². The molecular formula is C12H22N2O2. The third-order valence-electron chi connectivity index (χ3n) is 3.52.